The number of rotatable bonds is 6. The molecule has 1 saturated heterocycles. The second-order valence-electron chi connectivity index (χ2n) is 7.07. The Morgan fingerprint density at radius 1 is 1.28 bits per heavy atom. The van der Waals surface area contributed by atoms with Crippen molar-refractivity contribution in [1.82, 2.24) is 10.6 Å². The van der Waals surface area contributed by atoms with Gasteiger partial charge in [-0.3, -0.25) is 0 Å². The quantitative estimate of drug-likeness (QED) is 0.710. The molecule has 106 valence electrons. The molecule has 0 radical (unpaired) electrons. The maximum Gasteiger partial charge on any atom is 0.000516 e. The molecule has 2 N–H and O–H groups in total. The maximum absolute atomic E-state index is 3.72. The van der Waals surface area contributed by atoms with Gasteiger partial charge in [0.25, 0.3) is 0 Å². The van der Waals surface area contributed by atoms with Crippen molar-refractivity contribution in [2.75, 3.05) is 26.2 Å². The SMILES string of the molecule is CC(CCNCC1(C)CCCC1)C1CCCNC1. The third kappa shape index (κ3) is 4.24. The minimum Gasteiger partial charge on any atom is -0.316 e. The molecule has 0 aromatic heterocycles. The van der Waals surface area contributed by atoms with Crippen LogP contribution in [-0.2, 0) is 0 Å². The zero-order valence-electron chi connectivity index (χ0n) is 12.4. The molecule has 0 aromatic rings. The normalized spacial score (nSPS) is 29.3. The van der Waals surface area contributed by atoms with E-state index < -0.39 is 0 Å². The molecule has 2 fully saturated rings. The second kappa shape index (κ2) is 6.91. The Morgan fingerprint density at radius 2 is 2.06 bits per heavy atom. The van der Waals surface area contributed by atoms with E-state index in [-0.39, 0.29) is 0 Å². The monoisotopic (exact) mass is 252 g/mol. The van der Waals surface area contributed by atoms with E-state index in [2.05, 4.69) is 24.5 Å². The van der Waals surface area contributed by atoms with E-state index in [1.54, 1.807) is 0 Å². The van der Waals surface area contributed by atoms with Crippen molar-refractivity contribution in [3.8, 4) is 0 Å². The summed E-state index contributed by atoms with van der Waals surface area (Å²) in [5, 5.41) is 7.25. The molecule has 1 aliphatic heterocycles. The predicted octanol–water partition coefficient (Wildman–Crippen LogP) is 3.18. The lowest BCUT2D eigenvalue weighted by atomic mass is 9.85. The molecule has 1 aliphatic carbocycles. The van der Waals surface area contributed by atoms with Gasteiger partial charge in [-0.2, -0.15) is 0 Å². The van der Waals surface area contributed by atoms with Gasteiger partial charge in [-0.05, 0) is 69.0 Å². The van der Waals surface area contributed by atoms with E-state index in [9.17, 15) is 0 Å². The molecule has 2 rings (SSSR count). The molecule has 2 heteroatoms. The van der Waals surface area contributed by atoms with Crippen molar-refractivity contribution in [2.24, 2.45) is 17.3 Å². The van der Waals surface area contributed by atoms with E-state index in [0.717, 1.165) is 11.8 Å². The van der Waals surface area contributed by atoms with Crippen LogP contribution in [0, 0.1) is 17.3 Å². The van der Waals surface area contributed by atoms with Gasteiger partial charge < -0.3 is 10.6 Å². The number of nitrogens with one attached hydrogen (secondary N) is 2. The van der Waals surface area contributed by atoms with Crippen molar-refractivity contribution >= 4 is 0 Å². The first kappa shape index (κ1) is 14.3. The fourth-order valence-electron chi connectivity index (χ4n) is 3.73. The Morgan fingerprint density at radius 3 is 2.72 bits per heavy atom. The molecule has 0 spiro atoms. The van der Waals surface area contributed by atoms with Gasteiger partial charge in [0.1, 0.15) is 0 Å². The lowest BCUT2D eigenvalue weighted by Gasteiger charge is -2.29. The first-order valence-corrected chi connectivity index (χ1v) is 8.11. The van der Waals surface area contributed by atoms with Crippen LogP contribution in [0.2, 0.25) is 0 Å². The summed E-state index contributed by atoms with van der Waals surface area (Å²) in [6, 6.07) is 0. The minimum absolute atomic E-state index is 0.607. The summed E-state index contributed by atoms with van der Waals surface area (Å²) in [6.07, 6.45) is 9.92. The molecule has 0 aromatic carbocycles. The average Bonchev–Trinajstić information content (AvgIpc) is 2.83. The lowest BCUT2D eigenvalue weighted by Crippen LogP contribution is -2.35. The van der Waals surface area contributed by atoms with Gasteiger partial charge in [0.15, 0.2) is 0 Å². The summed E-state index contributed by atoms with van der Waals surface area (Å²) in [7, 11) is 0. The highest BCUT2D eigenvalue weighted by Gasteiger charge is 2.28. The highest BCUT2D eigenvalue weighted by atomic mass is 14.9. The van der Waals surface area contributed by atoms with Gasteiger partial charge >= 0.3 is 0 Å². The van der Waals surface area contributed by atoms with Crippen LogP contribution >= 0.6 is 0 Å². The summed E-state index contributed by atoms with van der Waals surface area (Å²) < 4.78 is 0. The molecular formula is C16H32N2. The van der Waals surface area contributed by atoms with Crippen molar-refractivity contribution in [3.63, 3.8) is 0 Å². The smallest absolute Gasteiger partial charge is 0.000516 e. The summed E-state index contributed by atoms with van der Waals surface area (Å²) in [4.78, 5) is 0. The summed E-state index contributed by atoms with van der Waals surface area (Å²) in [6.45, 7) is 9.84. The lowest BCUT2D eigenvalue weighted by molar-refractivity contribution is 0.257. The van der Waals surface area contributed by atoms with Crippen LogP contribution in [0.5, 0.6) is 0 Å². The third-order valence-electron chi connectivity index (χ3n) is 5.28. The fourth-order valence-corrected chi connectivity index (χ4v) is 3.73. The van der Waals surface area contributed by atoms with Crippen molar-refractivity contribution in [2.45, 2.75) is 58.8 Å². The van der Waals surface area contributed by atoms with Crippen molar-refractivity contribution < 1.29 is 0 Å². The molecule has 18 heavy (non-hydrogen) atoms. The first-order valence-electron chi connectivity index (χ1n) is 8.11. The van der Waals surface area contributed by atoms with Crippen LogP contribution in [0.15, 0.2) is 0 Å². The maximum atomic E-state index is 3.72. The second-order valence-corrected chi connectivity index (χ2v) is 7.07. The van der Waals surface area contributed by atoms with Crippen LogP contribution in [-0.4, -0.2) is 26.2 Å². The van der Waals surface area contributed by atoms with Crippen molar-refractivity contribution in [1.29, 1.82) is 0 Å². The van der Waals surface area contributed by atoms with Crippen LogP contribution in [0.3, 0.4) is 0 Å². The van der Waals surface area contributed by atoms with Crippen LogP contribution in [0.4, 0.5) is 0 Å². The van der Waals surface area contributed by atoms with E-state index in [0.29, 0.717) is 5.41 Å². The predicted molar refractivity (Wildman–Crippen MR) is 78.8 cm³/mol. The van der Waals surface area contributed by atoms with Crippen molar-refractivity contribution in [3.05, 3.63) is 0 Å². The molecule has 1 heterocycles. The molecule has 2 aliphatic rings. The van der Waals surface area contributed by atoms with Crippen LogP contribution in [0.1, 0.15) is 58.8 Å². The van der Waals surface area contributed by atoms with Crippen LogP contribution in [0.25, 0.3) is 0 Å². The summed E-state index contributed by atoms with van der Waals surface area (Å²) in [5.41, 5.74) is 0.607. The average molecular weight is 252 g/mol. The highest BCUT2D eigenvalue weighted by molar-refractivity contribution is 4.82. The van der Waals surface area contributed by atoms with E-state index in [1.165, 1.54) is 71.1 Å². The zero-order valence-corrected chi connectivity index (χ0v) is 12.4. The van der Waals surface area contributed by atoms with E-state index in [1.807, 2.05) is 0 Å². The van der Waals surface area contributed by atoms with Crippen LogP contribution < -0.4 is 10.6 Å². The van der Waals surface area contributed by atoms with E-state index in [4.69, 9.17) is 0 Å². The Labute approximate surface area is 113 Å². The molecule has 2 atom stereocenters. The largest absolute Gasteiger partial charge is 0.316 e. The third-order valence-corrected chi connectivity index (χ3v) is 5.28. The fraction of sp³-hybridized carbons (Fsp3) is 1.00. The highest BCUT2D eigenvalue weighted by Crippen LogP contribution is 2.36. The zero-order chi connectivity index (χ0) is 12.8. The number of piperidine rings is 1. The molecular weight excluding hydrogens is 220 g/mol. The Kier molecular flexibility index (Phi) is 5.50. The number of hydrogen-bond acceptors (Lipinski definition) is 2. The number of hydrogen-bond donors (Lipinski definition) is 2. The van der Waals surface area contributed by atoms with Gasteiger partial charge in [-0.1, -0.05) is 26.7 Å². The Bertz CT molecular complexity index is 227. The minimum atomic E-state index is 0.607. The molecule has 0 amide bonds. The van der Waals surface area contributed by atoms with Gasteiger partial charge in [0, 0.05) is 6.54 Å². The first-order chi connectivity index (χ1) is 8.70. The van der Waals surface area contributed by atoms with E-state index >= 15 is 0 Å². The Balaban J connectivity index is 1.57. The molecule has 2 nitrogen and oxygen atoms in total. The summed E-state index contributed by atoms with van der Waals surface area (Å²) >= 11 is 0. The topological polar surface area (TPSA) is 24.1 Å². The molecule has 2 unspecified atom stereocenters. The van der Waals surface area contributed by atoms with Gasteiger partial charge in [-0.15, -0.1) is 0 Å². The standard InChI is InChI=1S/C16H32N2/c1-14(15-6-5-10-17-12-15)7-11-18-13-16(2)8-3-4-9-16/h14-15,17-18H,3-13H2,1-2H3. The van der Waals surface area contributed by atoms with Gasteiger partial charge in [0.05, 0.1) is 0 Å². The van der Waals surface area contributed by atoms with Gasteiger partial charge in [0.2, 0.25) is 0 Å². The Hall–Kier alpha value is -0.0800. The van der Waals surface area contributed by atoms with Gasteiger partial charge in [-0.25, -0.2) is 0 Å². The molecule has 1 saturated carbocycles. The molecule has 0 bridgehead atoms. The summed E-state index contributed by atoms with van der Waals surface area (Å²) in [5.74, 6) is 1.80.